The Morgan fingerprint density at radius 3 is 2.70 bits per heavy atom. The minimum atomic E-state index is -0.365. The first-order valence-corrected chi connectivity index (χ1v) is 7.17. The van der Waals surface area contributed by atoms with Crippen molar-refractivity contribution in [3.63, 3.8) is 0 Å². The van der Waals surface area contributed by atoms with Crippen LogP contribution in [0, 0.1) is 0 Å². The number of hydrogen-bond donors (Lipinski definition) is 1. The molecule has 0 radical (unpaired) electrons. The monoisotopic (exact) mass is 295 g/mol. The van der Waals surface area contributed by atoms with Crippen LogP contribution in [0.5, 0.6) is 0 Å². The molecule has 0 heterocycles. The summed E-state index contributed by atoms with van der Waals surface area (Å²) in [5.74, 6) is -0.365. The van der Waals surface area contributed by atoms with Gasteiger partial charge in [0.25, 0.3) is 0 Å². The van der Waals surface area contributed by atoms with E-state index in [1.165, 1.54) is 0 Å². The van der Waals surface area contributed by atoms with Gasteiger partial charge in [-0.05, 0) is 18.1 Å². The lowest BCUT2D eigenvalue weighted by molar-refractivity contribution is 0.0313. The van der Waals surface area contributed by atoms with E-state index < -0.39 is 0 Å². The number of nitrogens with two attached hydrogens (primary N) is 1. The molecule has 0 aliphatic carbocycles. The molecule has 0 unspecified atom stereocenters. The van der Waals surface area contributed by atoms with Crippen LogP contribution in [0.4, 0.5) is 0 Å². The highest BCUT2D eigenvalue weighted by Gasteiger charge is 2.12. The van der Waals surface area contributed by atoms with Crippen LogP contribution < -0.4 is 5.73 Å². The Labute approximate surface area is 125 Å². The van der Waals surface area contributed by atoms with Crippen molar-refractivity contribution in [2.75, 3.05) is 19.8 Å². The molecule has 2 N–H and O–H groups in total. The zero-order valence-corrected chi connectivity index (χ0v) is 12.6. The maximum atomic E-state index is 12.0. The van der Waals surface area contributed by atoms with E-state index in [9.17, 15) is 4.79 Å². The topological polar surface area (TPSA) is 61.5 Å². The van der Waals surface area contributed by atoms with Crippen molar-refractivity contribution in [2.45, 2.75) is 26.2 Å². The third-order valence-electron chi connectivity index (χ3n) is 2.71. The van der Waals surface area contributed by atoms with Crippen LogP contribution in [0.1, 0.15) is 35.7 Å². The summed E-state index contributed by atoms with van der Waals surface area (Å²) in [6, 6.07) is 7.18. The second-order valence-corrected chi connectivity index (χ2v) is 4.93. The Bertz CT molecular complexity index is 448. The molecule has 0 saturated heterocycles. The molecule has 0 atom stereocenters. The summed E-state index contributed by atoms with van der Waals surface area (Å²) >= 11 is 4.88. The maximum absolute atomic E-state index is 12.0. The predicted octanol–water partition coefficient (Wildman–Crippen LogP) is 2.49. The standard InChI is InChI=1S/C15H21NO3S/c1-2-3-8-18-9-10-19-15(17)13-7-5-4-6-12(13)11-14(16)20/h4-7H,2-3,8-11H2,1H3,(H2,16,20). The fourth-order valence-corrected chi connectivity index (χ4v) is 1.84. The van der Waals surface area contributed by atoms with Crippen molar-refractivity contribution < 1.29 is 14.3 Å². The largest absolute Gasteiger partial charge is 0.460 e. The van der Waals surface area contributed by atoms with Crippen LogP contribution in [0.2, 0.25) is 0 Å². The second kappa shape index (κ2) is 9.44. The normalized spacial score (nSPS) is 10.2. The highest BCUT2D eigenvalue weighted by atomic mass is 32.1. The molecule has 0 saturated carbocycles. The van der Waals surface area contributed by atoms with Gasteiger partial charge in [-0.15, -0.1) is 0 Å². The molecule has 4 nitrogen and oxygen atoms in total. The van der Waals surface area contributed by atoms with Crippen molar-refractivity contribution in [2.24, 2.45) is 5.73 Å². The van der Waals surface area contributed by atoms with Gasteiger partial charge in [0.15, 0.2) is 0 Å². The Morgan fingerprint density at radius 2 is 2.00 bits per heavy atom. The fourth-order valence-electron chi connectivity index (χ4n) is 1.68. The molecule has 1 aromatic rings. The number of ether oxygens (including phenoxy) is 2. The first kappa shape index (κ1) is 16.6. The molecule has 0 amide bonds. The van der Waals surface area contributed by atoms with Crippen molar-refractivity contribution >= 4 is 23.2 Å². The highest BCUT2D eigenvalue weighted by molar-refractivity contribution is 7.80. The summed E-state index contributed by atoms with van der Waals surface area (Å²) in [4.78, 5) is 12.3. The van der Waals surface area contributed by atoms with Gasteiger partial charge in [0.2, 0.25) is 0 Å². The van der Waals surface area contributed by atoms with Crippen molar-refractivity contribution in [1.29, 1.82) is 0 Å². The number of esters is 1. The highest BCUT2D eigenvalue weighted by Crippen LogP contribution is 2.11. The average molecular weight is 295 g/mol. The smallest absolute Gasteiger partial charge is 0.338 e. The zero-order chi connectivity index (χ0) is 14.8. The number of carbonyl (C=O) groups is 1. The third kappa shape index (κ3) is 6.12. The minimum absolute atomic E-state index is 0.254. The van der Waals surface area contributed by atoms with Gasteiger partial charge < -0.3 is 15.2 Å². The summed E-state index contributed by atoms with van der Waals surface area (Å²) in [7, 11) is 0. The lowest BCUT2D eigenvalue weighted by atomic mass is 10.0. The van der Waals surface area contributed by atoms with Crippen LogP contribution in [0.15, 0.2) is 24.3 Å². The van der Waals surface area contributed by atoms with E-state index in [0.29, 0.717) is 30.2 Å². The summed E-state index contributed by atoms with van der Waals surface area (Å²) in [5, 5.41) is 0. The minimum Gasteiger partial charge on any atom is -0.460 e. The fraction of sp³-hybridized carbons (Fsp3) is 0.467. The molecule has 20 heavy (non-hydrogen) atoms. The Balaban J connectivity index is 2.45. The second-order valence-electron chi connectivity index (χ2n) is 4.40. The van der Waals surface area contributed by atoms with Crippen LogP contribution in [-0.4, -0.2) is 30.8 Å². The quantitative estimate of drug-likeness (QED) is 0.431. The van der Waals surface area contributed by atoms with Crippen LogP contribution in [0.25, 0.3) is 0 Å². The number of thiocarbonyl (C=S) groups is 1. The number of unbranched alkanes of at least 4 members (excludes halogenated alkanes) is 1. The molecule has 110 valence electrons. The van der Waals surface area contributed by atoms with Crippen molar-refractivity contribution in [3.8, 4) is 0 Å². The van der Waals surface area contributed by atoms with Gasteiger partial charge in [-0.2, -0.15) is 0 Å². The van der Waals surface area contributed by atoms with Crippen molar-refractivity contribution in [1.82, 2.24) is 0 Å². The molecule has 0 aliphatic heterocycles. The van der Waals surface area contributed by atoms with Gasteiger partial charge in [0, 0.05) is 13.0 Å². The molecule has 0 aromatic heterocycles. The van der Waals surface area contributed by atoms with Gasteiger partial charge in [-0.25, -0.2) is 4.79 Å². The molecule has 0 spiro atoms. The lowest BCUT2D eigenvalue weighted by Gasteiger charge is -2.09. The Kier molecular flexibility index (Phi) is 7.84. The lowest BCUT2D eigenvalue weighted by Crippen LogP contribution is -2.16. The molecule has 0 aliphatic rings. The molecular formula is C15H21NO3S. The summed E-state index contributed by atoms with van der Waals surface area (Å²) in [6.45, 7) is 3.47. The van der Waals surface area contributed by atoms with E-state index in [2.05, 4.69) is 6.92 Å². The SMILES string of the molecule is CCCCOCCOC(=O)c1ccccc1CC(N)=S. The molecule has 0 fully saturated rings. The van der Waals surface area contributed by atoms with E-state index in [0.717, 1.165) is 18.4 Å². The molecule has 1 aromatic carbocycles. The number of carbonyl (C=O) groups excluding carboxylic acids is 1. The van der Waals surface area contributed by atoms with E-state index in [4.69, 9.17) is 27.4 Å². The van der Waals surface area contributed by atoms with E-state index >= 15 is 0 Å². The molecular weight excluding hydrogens is 274 g/mol. The molecule has 1 rings (SSSR count). The Morgan fingerprint density at radius 1 is 1.25 bits per heavy atom. The van der Waals surface area contributed by atoms with Crippen LogP contribution >= 0.6 is 12.2 Å². The van der Waals surface area contributed by atoms with Gasteiger partial charge in [0.1, 0.15) is 6.61 Å². The van der Waals surface area contributed by atoms with Gasteiger partial charge >= 0.3 is 5.97 Å². The van der Waals surface area contributed by atoms with E-state index in [1.54, 1.807) is 12.1 Å². The average Bonchev–Trinajstić information content (AvgIpc) is 2.42. The third-order valence-corrected chi connectivity index (χ3v) is 2.85. The first-order chi connectivity index (χ1) is 9.65. The van der Waals surface area contributed by atoms with Gasteiger partial charge in [-0.3, -0.25) is 0 Å². The van der Waals surface area contributed by atoms with E-state index in [-0.39, 0.29) is 12.6 Å². The summed E-state index contributed by atoms with van der Waals surface area (Å²) < 4.78 is 10.5. The van der Waals surface area contributed by atoms with E-state index in [1.807, 2.05) is 12.1 Å². The molecule has 0 bridgehead atoms. The predicted molar refractivity (Wildman–Crippen MR) is 82.9 cm³/mol. The summed E-state index contributed by atoms with van der Waals surface area (Å²) in [5.41, 5.74) is 6.82. The number of benzene rings is 1. The van der Waals surface area contributed by atoms with Gasteiger partial charge in [0.05, 0.1) is 17.2 Å². The van der Waals surface area contributed by atoms with Crippen LogP contribution in [-0.2, 0) is 15.9 Å². The van der Waals surface area contributed by atoms with Crippen molar-refractivity contribution in [3.05, 3.63) is 35.4 Å². The first-order valence-electron chi connectivity index (χ1n) is 6.76. The van der Waals surface area contributed by atoms with Crippen LogP contribution in [0.3, 0.4) is 0 Å². The Hall–Kier alpha value is -1.46. The number of hydrogen-bond acceptors (Lipinski definition) is 4. The maximum Gasteiger partial charge on any atom is 0.338 e. The zero-order valence-electron chi connectivity index (χ0n) is 11.8. The van der Waals surface area contributed by atoms with Gasteiger partial charge in [-0.1, -0.05) is 43.8 Å². The summed E-state index contributed by atoms with van der Waals surface area (Å²) in [6.07, 6.45) is 2.50. The molecule has 5 heteroatoms. The number of rotatable bonds is 9.